The summed E-state index contributed by atoms with van der Waals surface area (Å²) in [7, 11) is 0. The highest BCUT2D eigenvalue weighted by molar-refractivity contribution is 7.16. The van der Waals surface area contributed by atoms with Crippen molar-refractivity contribution >= 4 is 33.4 Å². The summed E-state index contributed by atoms with van der Waals surface area (Å²) in [5.74, 6) is 0.310. The van der Waals surface area contributed by atoms with Crippen LogP contribution < -0.4 is 0 Å². The van der Waals surface area contributed by atoms with Crippen LogP contribution in [0.4, 0.5) is 0 Å². The van der Waals surface area contributed by atoms with Gasteiger partial charge in [0, 0.05) is 37.2 Å². The van der Waals surface area contributed by atoms with Gasteiger partial charge in [-0.15, -0.1) is 11.3 Å². The van der Waals surface area contributed by atoms with Crippen LogP contribution in [0.15, 0.2) is 48.0 Å². The number of aromatic nitrogens is 1. The van der Waals surface area contributed by atoms with Crippen LogP contribution in [0.2, 0.25) is 0 Å². The number of fused-ring (bicyclic) bond motifs is 1. The Labute approximate surface area is 180 Å². The highest BCUT2D eigenvalue weighted by Crippen LogP contribution is 2.42. The summed E-state index contributed by atoms with van der Waals surface area (Å²) in [5, 5.41) is 0. The van der Waals surface area contributed by atoms with Crippen molar-refractivity contribution in [3.63, 3.8) is 0 Å². The van der Waals surface area contributed by atoms with Crippen LogP contribution in [0.25, 0.3) is 21.3 Å². The van der Waals surface area contributed by atoms with Crippen molar-refractivity contribution in [3.05, 3.63) is 53.5 Å². The summed E-state index contributed by atoms with van der Waals surface area (Å²) in [5.41, 5.74) is 5.62. The molecule has 0 radical (unpaired) electrons. The molecule has 1 saturated heterocycles. The minimum atomic E-state index is -0.163. The van der Waals surface area contributed by atoms with Crippen LogP contribution in [-0.2, 0) is 4.79 Å². The van der Waals surface area contributed by atoms with Crippen molar-refractivity contribution in [1.82, 2.24) is 14.8 Å². The number of carbonyl (C=O) groups excluding carboxylic acids is 2. The van der Waals surface area contributed by atoms with E-state index in [2.05, 4.69) is 24.0 Å². The Bertz CT molecular complexity index is 1090. The molecular weight excluding hydrogens is 394 g/mol. The van der Waals surface area contributed by atoms with Crippen LogP contribution in [-0.4, -0.2) is 52.8 Å². The first kappa shape index (κ1) is 19.2. The van der Waals surface area contributed by atoms with Crippen LogP contribution in [0.3, 0.4) is 0 Å². The van der Waals surface area contributed by atoms with Gasteiger partial charge in [-0.25, -0.2) is 4.98 Å². The molecule has 0 N–H and O–H groups in total. The number of hydrogen-bond acceptors (Lipinski definition) is 4. The highest BCUT2D eigenvalue weighted by Gasteiger charge is 2.42. The summed E-state index contributed by atoms with van der Waals surface area (Å²) in [6.45, 7) is 4.54. The van der Waals surface area contributed by atoms with E-state index in [0.29, 0.717) is 31.7 Å². The van der Waals surface area contributed by atoms with Crippen LogP contribution in [0.5, 0.6) is 0 Å². The van der Waals surface area contributed by atoms with Crippen molar-refractivity contribution in [3.8, 4) is 11.1 Å². The molecule has 5 nitrogen and oxygen atoms in total. The SMILES string of the molecule is CC1(C(=O)N2CCN(C(=O)c3ccc(-c4ccc5ncsc5c4)cc3)CC2)CCC1. The minimum absolute atomic E-state index is 0.0430. The van der Waals surface area contributed by atoms with E-state index < -0.39 is 0 Å². The first-order valence-electron chi connectivity index (χ1n) is 10.6. The fourth-order valence-electron chi connectivity index (χ4n) is 4.44. The van der Waals surface area contributed by atoms with Crippen LogP contribution in [0.1, 0.15) is 36.5 Å². The molecule has 2 amide bonds. The average molecular weight is 420 g/mol. The quantitative estimate of drug-likeness (QED) is 0.631. The molecule has 0 atom stereocenters. The maximum absolute atomic E-state index is 12.9. The molecule has 5 rings (SSSR count). The third kappa shape index (κ3) is 3.39. The Morgan fingerprint density at radius 3 is 2.27 bits per heavy atom. The molecule has 3 aromatic rings. The van der Waals surface area contributed by atoms with Gasteiger partial charge in [0.05, 0.1) is 15.7 Å². The molecule has 6 heteroatoms. The second-order valence-corrected chi connectivity index (χ2v) is 9.50. The van der Waals surface area contributed by atoms with Gasteiger partial charge in [-0.1, -0.05) is 31.5 Å². The topological polar surface area (TPSA) is 53.5 Å². The average Bonchev–Trinajstić information content (AvgIpc) is 3.24. The molecule has 2 aliphatic rings. The first-order valence-corrected chi connectivity index (χ1v) is 11.4. The third-order valence-electron chi connectivity index (χ3n) is 6.62. The summed E-state index contributed by atoms with van der Waals surface area (Å²) >= 11 is 1.63. The van der Waals surface area contributed by atoms with E-state index in [4.69, 9.17) is 0 Å². The van der Waals surface area contributed by atoms with Gasteiger partial charge in [-0.2, -0.15) is 0 Å². The van der Waals surface area contributed by atoms with E-state index in [9.17, 15) is 9.59 Å². The van der Waals surface area contributed by atoms with Crippen molar-refractivity contribution in [2.24, 2.45) is 5.41 Å². The summed E-state index contributed by atoms with van der Waals surface area (Å²) in [6, 6.07) is 14.1. The number of benzene rings is 2. The summed E-state index contributed by atoms with van der Waals surface area (Å²) < 4.78 is 1.16. The van der Waals surface area contributed by atoms with E-state index >= 15 is 0 Å². The van der Waals surface area contributed by atoms with Gasteiger partial charge in [0.1, 0.15) is 0 Å². The maximum Gasteiger partial charge on any atom is 0.253 e. The molecule has 2 aromatic carbocycles. The van der Waals surface area contributed by atoms with Gasteiger partial charge in [0.2, 0.25) is 5.91 Å². The number of piperazine rings is 1. The fraction of sp³-hybridized carbons (Fsp3) is 0.375. The van der Waals surface area contributed by atoms with Gasteiger partial charge in [0.25, 0.3) is 5.91 Å². The summed E-state index contributed by atoms with van der Waals surface area (Å²) in [4.78, 5) is 33.8. The van der Waals surface area contributed by atoms with Crippen molar-refractivity contribution in [1.29, 1.82) is 0 Å². The number of amides is 2. The predicted molar refractivity (Wildman–Crippen MR) is 119 cm³/mol. The van der Waals surface area contributed by atoms with Crippen molar-refractivity contribution < 1.29 is 9.59 Å². The molecule has 1 aliphatic heterocycles. The molecule has 2 heterocycles. The largest absolute Gasteiger partial charge is 0.339 e. The van der Waals surface area contributed by atoms with Crippen molar-refractivity contribution in [2.75, 3.05) is 26.2 Å². The highest BCUT2D eigenvalue weighted by atomic mass is 32.1. The molecule has 154 valence electrons. The lowest BCUT2D eigenvalue weighted by Gasteiger charge is -2.43. The van der Waals surface area contributed by atoms with Gasteiger partial charge in [0.15, 0.2) is 0 Å². The molecule has 0 unspecified atom stereocenters. The monoisotopic (exact) mass is 419 g/mol. The minimum Gasteiger partial charge on any atom is -0.339 e. The Morgan fingerprint density at radius 1 is 0.933 bits per heavy atom. The van der Waals surface area contributed by atoms with E-state index in [1.54, 1.807) is 11.3 Å². The second-order valence-electron chi connectivity index (χ2n) is 8.61. The molecule has 1 saturated carbocycles. The molecule has 2 fully saturated rings. The Morgan fingerprint density at radius 2 is 1.60 bits per heavy atom. The van der Waals surface area contributed by atoms with Crippen LogP contribution in [0, 0.1) is 5.41 Å². The van der Waals surface area contributed by atoms with E-state index in [1.807, 2.05) is 45.6 Å². The Balaban J connectivity index is 1.24. The molecule has 1 aliphatic carbocycles. The Kier molecular flexibility index (Phi) is 4.82. The molecule has 30 heavy (non-hydrogen) atoms. The zero-order valence-corrected chi connectivity index (χ0v) is 18.0. The molecule has 0 bridgehead atoms. The fourth-order valence-corrected chi connectivity index (χ4v) is 5.15. The van der Waals surface area contributed by atoms with E-state index in [-0.39, 0.29) is 17.2 Å². The number of carbonyl (C=O) groups is 2. The normalized spacial score (nSPS) is 18.3. The van der Waals surface area contributed by atoms with Gasteiger partial charge in [-0.05, 0) is 48.2 Å². The zero-order chi connectivity index (χ0) is 20.7. The maximum atomic E-state index is 12.9. The number of rotatable bonds is 3. The molecule has 0 spiro atoms. The lowest BCUT2D eigenvalue weighted by Crippen LogP contribution is -2.55. The second kappa shape index (κ2) is 7.51. The number of nitrogens with zero attached hydrogens (tertiary/aromatic N) is 3. The van der Waals surface area contributed by atoms with Gasteiger partial charge in [-0.3, -0.25) is 9.59 Å². The van der Waals surface area contributed by atoms with E-state index in [0.717, 1.165) is 40.6 Å². The predicted octanol–water partition coefficient (Wildman–Crippen LogP) is 4.44. The Hall–Kier alpha value is -2.73. The standard InChI is InChI=1S/C24H25N3O2S/c1-24(9-2-10-24)23(29)27-13-11-26(12-14-27)22(28)18-5-3-17(4-6-18)19-7-8-20-21(15-19)30-16-25-20/h3-8,15-16H,2,9-14H2,1H3. The lowest BCUT2D eigenvalue weighted by molar-refractivity contribution is -0.147. The van der Waals surface area contributed by atoms with E-state index in [1.165, 1.54) is 0 Å². The first-order chi connectivity index (χ1) is 14.5. The lowest BCUT2D eigenvalue weighted by atomic mass is 9.69. The number of hydrogen-bond donors (Lipinski definition) is 0. The molecular formula is C24H25N3O2S. The smallest absolute Gasteiger partial charge is 0.253 e. The van der Waals surface area contributed by atoms with Crippen LogP contribution >= 0.6 is 11.3 Å². The van der Waals surface area contributed by atoms with Gasteiger partial charge >= 0.3 is 0 Å². The summed E-state index contributed by atoms with van der Waals surface area (Å²) in [6.07, 6.45) is 3.13. The number of thiazole rings is 1. The third-order valence-corrected chi connectivity index (χ3v) is 7.42. The van der Waals surface area contributed by atoms with Crippen molar-refractivity contribution in [2.45, 2.75) is 26.2 Å². The van der Waals surface area contributed by atoms with Gasteiger partial charge < -0.3 is 9.80 Å². The molecule has 1 aromatic heterocycles. The zero-order valence-electron chi connectivity index (χ0n) is 17.1.